The van der Waals surface area contributed by atoms with E-state index in [1.807, 2.05) is 13.8 Å². The zero-order chi connectivity index (χ0) is 29.2. The van der Waals surface area contributed by atoms with E-state index < -0.39 is 45.6 Å². The van der Waals surface area contributed by atoms with Gasteiger partial charge in [0.15, 0.2) is 10.9 Å². The van der Waals surface area contributed by atoms with E-state index in [0.29, 0.717) is 43.9 Å². The summed E-state index contributed by atoms with van der Waals surface area (Å²) in [7, 11) is 0. The Morgan fingerprint density at radius 1 is 0.786 bits per heavy atom. The molecule has 0 saturated carbocycles. The number of aromatic carboxylic acids is 2. The van der Waals surface area contributed by atoms with E-state index in [1.165, 1.54) is 12.4 Å². The van der Waals surface area contributed by atoms with Gasteiger partial charge in [-0.1, -0.05) is 0 Å². The Bertz CT molecular complexity index is 1770. The van der Waals surface area contributed by atoms with Crippen LogP contribution in [0.25, 0.3) is 21.8 Å². The Labute approximate surface area is 269 Å². The fourth-order valence-corrected chi connectivity index (χ4v) is 6.52. The second-order valence-corrected chi connectivity index (χ2v) is 11.6. The molecule has 0 spiro atoms. The van der Waals surface area contributed by atoms with E-state index in [-0.39, 0.29) is 51.4 Å². The quantitative estimate of drug-likeness (QED) is 0.290. The molecule has 9 nitrogen and oxygen atoms in total. The third-order valence-electron chi connectivity index (χ3n) is 7.62. The number of carbonyl (C=O) groups excluding carboxylic acids is 2. The van der Waals surface area contributed by atoms with Gasteiger partial charge in [-0.15, -0.1) is 0 Å². The van der Waals surface area contributed by atoms with E-state index in [0.717, 1.165) is 25.0 Å². The third-order valence-corrected chi connectivity index (χ3v) is 9.33. The van der Waals surface area contributed by atoms with Gasteiger partial charge in [0.25, 0.3) is 0 Å². The second kappa shape index (κ2) is 12.5. The minimum absolute atomic E-state index is 0. The van der Waals surface area contributed by atoms with Crippen molar-refractivity contribution in [3.05, 3.63) is 87.8 Å². The van der Waals surface area contributed by atoms with Crippen molar-refractivity contribution in [2.24, 2.45) is 0 Å². The van der Waals surface area contributed by atoms with Crippen molar-refractivity contribution in [3.8, 4) is 0 Å². The predicted molar refractivity (Wildman–Crippen MR) is 156 cm³/mol. The van der Waals surface area contributed by atoms with Gasteiger partial charge in [-0.25, -0.2) is 8.78 Å². The van der Waals surface area contributed by atoms with Gasteiger partial charge in [-0.05, 0) is 94.7 Å². The van der Waals surface area contributed by atoms with Gasteiger partial charge in [-0.2, -0.15) is 0 Å². The summed E-state index contributed by atoms with van der Waals surface area (Å²) >= 11 is 6.40. The summed E-state index contributed by atoms with van der Waals surface area (Å²) in [5.41, 5.74) is 0.369. The van der Waals surface area contributed by atoms with E-state index in [4.69, 9.17) is 0 Å². The Hall–Kier alpha value is -2.65. The summed E-state index contributed by atoms with van der Waals surface area (Å²) in [6.07, 6.45) is 5.38. The number of benzene rings is 2. The van der Waals surface area contributed by atoms with E-state index in [9.17, 15) is 38.2 Å². The molecule has 2 unspecified atom stereocenters. The van der Waals surface area contributed by atoms with Gasteiger partial charge < -0.3 is 34.4 Å². The van der Waals surface area contributed by atoms with Crippen molar-refractivity contribution in [1.82, 2.24) is 9.13 Å². The molecule has 216 valence electrons. The SMILES string of the molecule is CC1CCc2c(Br)c(F)cc3c(=O)c(C(=O)[O-])cn1c23.CC1CCc2c(Br)c(F)cc3c(=O)c(C(=O)[O-])cn1c23.O.[Mg+2]. The molecule has 2 atom stereocenters. The van der Waals surface area contributed by atoms with Gasteiger partial charge in [-0.3, -0.25) is 9.59 Å². The Kier molecular flexibility index (Phi) is 10.1. The first-order valence-corrected chi connectivity index (χ1v) is 14.0. The fraction of sp³-hybridized carbons (Fsp3) is 0.286. The number of rotatable bonds is 2. The molecule has 0 aliphatic carbocycles. The van der Waals surface area contributed by atoms with Crippen LogP contribution in [0.5, 0.6) is 0 Å². The average molecular weight is 721 g/mol. The monoisotopic (exact) mass is 718 g/mol. The van der Waals surface area contributed by atoms with Crippen molar-refractivity contribution >= 4 is 88.7 Å². The second-order valence-electron chi connectivity index (χ2n) is 10.0. The zero-order valence-corrected chi connectivity index (χ0v) is 26.9. The van der Waals surface area contributed by atoms with Gasteiger partial charge >= 0.3 is 23.1 Å². The van der Waals surface area contributed by atoms with Crippen molar-refractivity contribution < 1.29 is 34.1 Å². The number of carboxylic acid groups (broad SMARTS) is 2. The zero-order valence-electron chi connectivity index (χ0n) is 22.4. The number of halogens is 4. The standard InChI is InChI=1S/2C14H11BrFNO3.Mg.H2O/c2*1-6-2-3-7-11(15)10(16)4-8-12(7)17(6)5-9(13(8)18)14(19)20;;/h2*4-6H,2-3H2,1H3,(H,19,20);;1H2/q;;+2;/p-2. The number of nitrogens with zero attached hydrogens (tertiary/aromatic N) is 2. The molecule has 0 saturated heterocycles. The number of aryl methyl sites for hydroxylation is 2. The van der Waals surface area contributed by atoms with Crippen LogP contribution < -0.4 is 21.1 Å². The summed E-state index contributed by atoms with van der Waals surface area (Å²) in [5, 5.41) is 22.3. The molecule has 4 aromatic rings. The summed E-state index contributed by atoms with van der Waals surface area (Å²) in [6, 6.07) is 2.26. The predicted octanol–water partition coefficient (Wildman–Crippen LogP) is 2.34. The molecule has 0 bridgehead atoms. The van der Waals surface area contributed by atoms with Gasteiger partial charge in [0.2, 0.25) is 0 Å². The minimum atomic E-state index is -1.54. The molecule has 6 rings (SSSR count). The topological polar surface area (TPSA) is 156 Å². The van der Waals surface area contributed by atoms with Crippen LogP contribution >= 0.6 is 31.9 Å². The molecule has 0 radical (unpaired) electrons. The summed E-state index contributed by atoms with van der Waals surface area (Å²) in [4.78, 5) is 46.5. The first-order valence-electron chi connectivity index (χ1n) is 12.4. The van der Waals surface area contributed by atoms with Crippen LogP contribution in [-0.4, -0.2) is 49.6 Å². The molecule has 2 N–H and O–H groups in total. The molecule has 2 aliphatic heterocycles. The third kappa shape index (κ3) is 5.43. The molecule has 2 aromatic carbocycles. The molecular weight excluding hydrogens is 698 g/mol. The Balaban J connectivity index is 0.000000220. The van der Waals surface area contributed by atoms with Gasteiger partial charge in [0, 0.05) is 35.2 Å². The first kappa shape index (κ1) is 33.8. The summed E-state index contributed by atoms with van der Waals surface area (Å²) in [5.74, 6) is -4.19. The van der Waals surface area contributed by atoms with Gasteiger partial charge in [0.05, 0.1) is 43.0 Å². The van der Waals surface area contributed by atoms with Crippen molar-refractivity contribution in [3.63, 3.8) is 0 Å². The Morgan fingerprint density at radius 2 is 1.12 bits per heavy atom. The largest absolute Gasteiger partial charge is 2.00 e. The maximum absolute atomic E-state index is 13.9. The number of hydrogen-bond donors (Lipinski definition) is 0. The van der Waals surface area contributed by atoms with Gasteiger partial charge in [0.1, 0.15) is 11.6 Å². The molecule has 0 amide bonds. The van der Waals surface area contributed by atoms with Crippen molar-refractivity contribution in [2.45, 2.75) is 51.6 Å². The number of pyridine rings is 2. The molecule has 14 heteroatoms. The fourth-order valence-electron chi connectivity index (χ4n) is 5.52. The normalized spacial score (nSPS) is 16.6. The summed E-state index contributed by atoms with van der Waals surface area (Å²) in [6.45, 7) is 3.87. The molecule has 42 heavy (non-hydrogen) atoms. The molecule has 2 aromatic heterocycles. The maximum atomic E-state index is 13.9. The number of carbonyl (C=O) groups is 2. The van der Waals surface area contributed by atoms with Crippen LogP contribution in [0.1, 0.15) is 70.6 Å². The first-order chi connectivity index (χ1) is 18.8. The van der Waals surface area contributed by atoms with Crippen LogP contribution in [0.2, 0.25) is 0 Å². The summed E-state index contributed by atoms with van der Waals surface area (Å²) < 4.78 is 31.9. The maximum Gasteiger partial charge on any atom is 2.00 e. The van der Waals surface area contributed by atoms with Crippen LogP contribution in [0, 0.1) is 11.6 Å². The number of aromatic nitrogens is 2. The van der Waals surface area contributed by atoms with Crippen LogP contribution in [0.15, 0.2) is 43.1 Å². The minimum Gasteiger partial charge on any atom is -0.545 e. The molecule has 0 fully saturated rings. The molecule has 2 aliphatic rings. The number of hydrogen-bond acceptors (Lipinski definition) is 6. The smallest absolute Gasteiger partial charge is 0.545 e. The van der Waals surface area contributed by atoms with E-state index >= 15 is 0 Å². The van der Waals surface area contributed by atoms with Crippen LogP contribution in [-0.2, 0) is 12.8 Å². The van der Waals surface area contributed by atoms with Crippen LogP contribution in [0.4, 0.5) is 8.78 Å². The molecule has 4 heterocycles. The van der Waals surface area contributed by atoms with Crippen LogP contribution in [0.3, 0.4) is 0 Å². The van der Waals surface area contributed by atoms with Crippen molar-refractivity contribution in [2.75, 3.05) is 0 Å². The molecular formula is C28H22Br2F2MgN2O7. The number of carboxylic acids is 2. The van der Waals surface area contributed by atoms with E-state index in [1.54, 1.807) is 9.13 Å². The Morgan fingerprint density at radius 3 is 1.43 bits per heavy atom. The van der Waals surface area contributed by atoms with Crippen molar-refractivity contribution in [1.29, 1.82) is 0 Å². The average Bonchev–Trinajstić information content (AvgIpc) is 2.90. The van der Waals surface area contributed by atoms with E-state index in [2.05, 4.69) is 31.9 Å².